The van der Waals surface area contributed by atoms with Crippen molar-refractivity contribution in [3.8, 4) is 0 Å². The Morgan fingerprint density at radius 2 is 1.04 bits per heavy atom. The zero-order valence-corrected chi connectivity index (χ0v) is 46.5. The van der Waals surface area contributed by atoms with Gasteiger partial charge in [-0.15, -0.1) is 0 Å². The quantitative estimate of drug-likeness (QED) is 0.0617. The number of likely N-dealkylation sites (tertiary alicyclic amines) is 2. The monoisotopic (exact) mass is 1130 g/mol. The number of rotatable bonds is 20. The van der Waals surface area contributed by atoms with Gasteiger partial charge in [-0.05, 0) is 213 Å². The van der Waals surface area contributed by atoms with Crippen molar-refractivity contribution in [2.75, 3.05) is 63.2 Å². The topological polar surface area (TPSA) is 168 Å². The Hall–Kier alpha value is -5.10. The van der Waals surface area contributed by atoms with Gasteiger partial charge >= 0.3 is 11.9 Å². The van der Waals surface area contributed by atoms with E-state index in [4.69, 9.17) is 28.9 Å². The average Bonchev–Trinajstić information content (AvgIpc) is 4.08. The van der Waals surface area contributed by atoms with Gasteiger partial charge in [0.15, 0.2) is 0 Å². The van der Waals surface area contributed by atoms with Gasteiger partial charge in [0.05, 0.1) is 24.4 Å². The van der Waals surface area contributed by atoms with E-state index in [1.54, 1.807) is 12.1 Å². The minimum absolute atomic E-state index is 0. The zero-order valence-electron chi connectivity index (χ0n) is 46.5. The summed E-state index contributed by atoms with van der Waals surface area (Å²) in [6.45, 7) is 13.7. The third-order valence-corrected chi connectivity index (χ3v) is 16.7. The number of aromatic nitrogens is 2. The molecule has 448 valence electrons. The lowest BCUT2D eigenvalue weighted by Gasteiger charge is -2.33. The van der Waals surface area contributed by atoms with Crippen molar-refractivity contribution in [1.29, 1.82) is 0 Å². The lowest BCUT2D eigenvalue weighted by Crippen LogP contribution is -2.35. The van der Waals surface area contributed by atoms with Crippen molar-refractivity contribution in [1.82, 2.24) is 19.8 Å². The Morgan fingerprint density at radius 3 is 1.42 bits per heavy atom. The maximum atomic E-state index is 14.3. The molecular weight excluding hydrogens is 1030 g/mol. The number of aliphatic carboxylic acids is 2. The highest BCUT2D eigenvalue weighted by atomic mass is 19.1. The molecule has 6 atom stereocenters. The predicted molar refractivity (Wildman–Crippen MR) is 317 cm³/mol. The summed E-state index contributed by atoms with van der Waals surface area (Å²) in [5, 5.41) is 27.5. The van der Waals surface area contributed by atoms with E-state index in [-0.39, 0.29) is 57.8 Å². The second-order valence-electron chi connectivity index (χ2n) is 23.8. The van der Waals surface area contributed by atoms with Crippen LogP contribution in [0.4, 0.5) is 20.4 Å². The van der Waals surface area contributed by atoms with Crippen molar-refractivity contribution in [3.63, 3.8) is 0 Å². The highest BCUT2D eigenvalue weighted by molar-refractivity contribution is 5.77. The molecule has 0 bridgehead atoms. The fourth-order valence-corrected chi connectivity index (χ4v) is 12.3. The van der Waals surface area contributed by atoms with E-state index < -0.39 is 35.7 Å². The molecule has 4 fully saturated rings. The maximum Gasteiger partial charge on any atom is 0.325 e. The SMILES string of the molecule is C.C.C.CC1(C)CCc2ccc(CCCCO[C@@H]3CCN([C@@H](C(=O)O)c4cc(F)ccc4[C@@H]4CCCCO4)C3)nc2N1.CC1(C)CCc2ccc(CCCCO[C@@H]3CCN([C@H](C(=O)O)c4cc(F)ccc4[C@@H]4CCCCO4)C3)nc2N1. The Bertz CT molecular complexity index is 2480. The molecule has 0 radical (unpaired) electrons. The lowest BCUT2D eigenvalue weighted by atomic mass is 9.91. The van der Waals surface area contributed by atoms with Crippen LogP contribution >= 0.6 is 0 Å². The molecule has 6 aliphatic rings. The van der Waals surface area contributed by atoms with E-state index in [0.717, 1.165) is 150 Å². The molecule has 4 N–H and O–H groups in total. The van der Waals surface area contributed by atoms with Gasteiger partial charge in [0.2, 0.25) is 0 Å². The zero-order chi connectivity index (χ0) is 54.8. The number of unbranched alkanes of at least 4 members (excludes halogenated alkanes) is 2. The van der Waals surface area contributed by atoms with Crippen LogP contribution in [0.1, 0.15) is 209 Å². The summed E-state index contributed by atoms with van der Waals surface area (Å²) >= 11 is 0. The number of benzene rings is 2. The van der Waals surface area contributed by atoms with Crippen LogP contribution in [0.5, 0.6) is 0 Å². The molecule has 6 aliphatic heterocycles. The van der Waals surface area contributed by atoms with Crippen molar-refractivity contribution in [2.24, 2.45) is 0 Å². The van der Waals surface area contributed by atoms with Crippen molar-refractivity contribution in [3.05, 3.63) is 117 Å². The van der Waals surface area contributed by atoms with E-state index >= 15 is 0 Å². The van der Waals surface area contributed by atoms with E-state index in [1.807, 2.05) is 9.80 Å². The molecule has 10 rings (SSSR count). The van der Waals surface area contributed by atoms with E-state index in [1.165, 1.54) is 35.4 Å². The number of nitrogens with one attached hydrogen (secondary N) is 2. The molecule has 81 heavy (non-hydrogen) atoms. The van der Waals surface area contributed by atoms with Gasteiger partial charge in [-0.25, -0.2) is 18.7 Å². The number of carboxylic acids is 2. The van der Waals surface area contributed by atoms with Gasteiger partial charge in [-0.1, -0.05) is 46.5 Å². The lowest BCUT2D eigenvalue weighted by molar-refractivity contribution is -0.144. The number of pyridine rings is 2. The number of hydrogen-bond donors (Lipinski definition) is 4. The number of anilines is 2. The fourth-order valence-electron chi connectivity index (χ4n) is 12.3. The molecule has 0 saturated carbocycles. The minimum Gasteiger partial charge on any atom is -0.480 e. The molecule has 2 aromatic heterocycles. The first-order chi connectivity index (χ1) is 37.6. The van der Waals surface area contributed by atoms with Crippen LogP contribution in [0.2, 0.25) is 0 Å². The summed E-state index contributed by atoms with van der Waals surface area (Å²) in [7, 11) is 0. The van der Waals surface area contributed by atoms with E-state index in [2.05, 4.69) is 62.6 Å². The number of nitrogens with zero attached hydrogens (tertiary/aromatic N) is 4. The molecule has 2 aromatic carbocycles. The Labute approximate surface area is 482 Å². The minimum atomic E-state index is -0.964. The van der Waals surface area contributed by atoms with Crippen LogP contribution in [0.3, 0.4) is 0 Å². The van der Waals surface area contributed by atoms with Gasteiger partial charge in [0, 0.05) is 75.1 Å². The first-order valence-corrected chi connectivity index (χ1v) is 29.1. The van der Waals surface area contributed by atoms with Crippen LogP contribution in [0.25, 0.3) is 0 Å². The van der Waals surface area contributed by atoms with Gasteiger partial charge in [-0.3, -0.25) is 19.4 Å². The summed E-state index contributed by atoms with van der Waals surface area (Å²) in [5.41, 5.74) is 7.56. The molecule has 0 aliphatic carbocycles. The Balaban J connectivity index is 0.000000252. The molecule has 16 heteroatoms. The van der Waals surface area contributed by atoms with Crippen molar-refractivity contribution in [2.45, 2.75) is 213 Å². The molecule has 8 heterocycles. The summed E-state index contributed by atoms with van der Waals surface area (Å²) in [5.74, 6) is -0.722. The molecule has 14 nitrogen and oxygen atoms in total. The first kappa shape index (κ1) is 65.1. The number of halogens is 2. The molecule has 4 aromatic rings. The highest BCUT2D eigenvalue weighted by Crippen LogP contribution is 2.39. The number of ether oxygens (including phenoxy) is 4. The normalized spacial score (nSPS) is 22.8. The van der Waals surface area contributed by atoms with Crippen LogP contribution in [0, 0.1) is 11.6 Å². The van der Waals surface area contributed by atoms with Gasteiger partial charge in [0.25, 0.3) is 0 Å². The molecule has 0 spiro atoms. The Kier molecular flexibility index (Phi) is 24.0. The molecule has 0 amide bonds. The number of aryl methyl sites for hydroxylation is 4. The smallest absolute Gasteiger partial charge is 0.325 e. The van der Waals surface area contributed by atoms with Crippen LogP contribution in [-0.2, 0) is 54.2 Å². The predicted octanol–water partition coefficient (Wildman–Crippen LogP) is 13.6. The standard InChI is InChI=1S/2C31H42FN3O4.3CH4/c2*1-31(2)15-13-21-9-11-23(33-29(21)34-31)7-3-5-17-38-24-14-16-35(20-24)28(30(36)37)26-19-22(32)10-12-25(26)27-8-4-6-18-39-27;;;/h2*9-12,19,24,27-28H,3-8,13-18,20H2,1-2H3,(H,33,34)(H,36,37);3*1H4/t24-,27+,28+;24-,27+,28-;;;/m11.../s1. The van der Waals surface area contributed by atoms with Gasteiger partial charge < -0.3 is 39.8 Å². The summed E-state index contributed by atoms with van der Waals surface area (Å²) in [4.78, 5) is 38.4. The average molecular weight is 1130 g/mol. The van der Waals surface area contributed by atoms with Crippen LogP contribution in [0.15, 0.2) is 60.7 Å². The second-order valence-corrected chi connectivity index (χ2v) is 23.8. The summed E-state index contributed by atoms with van der Waals surface area (Å²) in [6.07, 6.45) is 16.8. The first-order valence-electron chi connectivity index (χ1n) is 29.1. The van der Waals surface area contributed by atoms with E-state index in [0.29, 0.717) is 63.7 Å². The fraction of sp³-hybridized carbons (Fsp3) is 0.631. The second kappa shape index (κ2) is 29.9. The Morgan fingerprint density at radius 1 is 0.617 bits per heavy atom. The number of hydrogen-bond acceptors (Lipinski definition) is 12. The van der Waals surface area contributed by atoms with Crippen LogP contribution < -0.4 is 10.6 Å². The molecular formula is C65H96F2N6O8. The van der Waals surface area contributed by atoms with Crippen molar-refractivity contribution >= 4 is 23.6 Å². The maximum absolute atomic E-state index is 14.3. The third kappa shape index (κ3) is 17.5. The molecule has 4 saturated heterocycles. The summed E-state index contributed by atoms with van der Waals surface area (Å²) < 4.78 is 52.8. The van der Waals surface area contributed by atoms with Gasteiger partial charge in [0.1, 0.15) is 35.4 Å². The summed E-state index contributed by atoms with van der Waals surface area (Å²) in [6, 6.07) is 15.8. The van der Waals surface area contributed by atoms with Crippen LogP contribution in [-0.4, -0.2) is 118 Å². The van der Waals surface area contributed by atoms with Gasteiger partial charge in [-0.2, -0.15) is 0 Å². The number of carbonyl (C=O) groups is 2. The number of fused-ring (bicyclic) bond motifs is 2. The largest absolute Gasteiger partial charge is 0.480 e. The highest BCUT2D eigenvalue weighted by Gasteiger charge is 2.39. The van der Waals surface area contributed by atoms with Crippen molar-refractivity contribution < 1.29 is 47.5 Å². The number of carboxylic acid groups (broad SMARTS) is 2. The molecule has 0 unspecified atom stereocenters. The third-order valence-electron chi connectivity index (χ3n) is 16.7. The van der Waals surface area contributed by atoms with E-state index in [9.17, 15) is 28.6 Å².